The second-order valence-electron chi connectivity index (χ2n) is 6.64. The maximum atomic E-state index is 12.2. The van der Waals surface area contributed by atoms with E-state index in [0.29, 0.717) is 13.0 Å². The van der Waals surface area contributed by atoms with Crippen LogP contribution in [0.3, 0.4) is 0 Å². The number of anilines is 1. The van der Waals surface area contributed by atoms with Crippen molar-refractivity contribution in [2.24, 2.45) is 0 Å². The van der Waals surface area contributed by atoms with Crippen LogP contribution < -0.4 is 10.2 Å². The number of allylic oxidation sites excluding steroid dienone is 1. The normalized spacial score (nSPS) is 19.0. The van der Waals surface area contributed by atoms with Gasteiger partial charge in [-0.2, -0.15) is 0 Å². The summed E-state index contributed by atoms with van der Waals surface area (Å²) < 4.78 is 5.60. The fourth-order valence-electron chi connectivity index (χ4n) is 3.12. The molecule has 0 bridgehead atoms. The van der Waals surface area contributed by atoms with Crippen LogP contribution in [0.5, 0.6) is 0 Å². The molecule has 0 aromatic heterocycles. The second-order valence-corrected chi connectivity index (χ2v) is 6.64. The van der Waals surface area contributed by atoms with Crippen molar-refractivity contribution in [1.82, 2.24) is 5.32 Å². The number of hydrogen-bond donors (Lipinski definition) is 1. The molecule has 122 valence electrons. The number of hydrogen-bond acceptors (Lipinski definition) is 4. The lowest BCUT2D eigenvalue weighted by molar-refractivity contribution is -0.130. The SMILES string of the molecule is CC1(C)CC(=O)C=C(C(=O)NCCN2CCc3ccccc32)O1. The molecule has 2 heterocycles. The molecule has 0 spiro atoms. The summed E-state index contributed by atoms with van der Waals surface area (Å²) in [4.78, 5) is 26.1. The van der Waals surface area contributed by atoms with E-state index < -0.39 is 5.60 Å². The van der Waals surface area contributed by atoms with E-state index in [4.69, 9.17) is 4.74 Å². The number of carbonyl (C=O) groups excluding carboxylic acids is 2. The molecule has 23 heavy (non-hydrogen) atoms. The van der Waals surface area contributed by atoms with Crippen LogP contribution in [0.4, 0.5) is 5.69 Å². The Morgan fingerprint density at radius 1 is 1.35 bits per heavy atom. The number of para-hydroxylation sites is 1. The Kier molecular flexibility index (Phi) is 4.11. The molecule has 0 atom stereocenters. The summed E-state index contributed by atoms with van der Waals surface area (Å²) in [5.41, 5.74) is 1.97. The van der Waals surface area contributed by atoms with Crippen molar-refractivity contribution in [1.29, 1.82) is 0 Å². The standard InChI is InChI=1S/C18H22N2O3/c1-18(2)12-14(21)11-16(23-18)17(22)19-8-10-20-9-7-13-5-3-4-6-15(13)20/h3-6,11H,7-10,12H2,1-2H3,(H,19,22). The summed E-state index contributed by atoms with van der Waals surface area (Å²) in [6, 6.07) is 8.33. The number of carbonyl (C=O) groups is 2. The van der Waals surface area contributed by atoms with Gasteiger partial charge < -0.3 is 15.0 Å². The molecule has 5 heteroatoms. The zero-order valence-corrected chi connectivity index (χ0v) is 13.6. The number of nitrogens with one attached hydrogen (secondary N) is 1. The van der Waals surface area contributed by atoms with E-state index in [2.05, 4.69) is 28.4 Å². The molecule has 0 radical (unpaired) electrons. The minimum absolute atomic E-state index is 0.0696. The minimum atomic E-state index is -0.619. The van der Waals surface area contributed by atoms with Gasteiger partial charge in [0.05, 0.1) is 0 Å². The Hall–Kier alpha value is -2.30. The lowest BCUT2D eigenvalue weighted by Gasteiger charge is -2.30. The van der Waals surface area contributed by atoms with Crippen LogP contribution in [0.2, 0.25) is 0 Å². The number of fused-ring (bicyclic) bond motifs is 1. The average Bonchev–Trinajstić information content (AvgIpc) is 2.88. The fraction of sp³-hybridized carbons (Fsp3) is 0.444. The zero-order valence-electron chi connectivity index (χ0n) is 13.6. The van der Waals surface area contributed by atoms with E-state index in [0.717, 1.165) is 19.5 Å². The van der Waals surface area contributed by atoms with Crippen LogP contribution in [-0.2, 0) is 20.7 Å². The highest BCUT2D eigenvalue weighted by Gasteiger charge is 2.31. The maximum Gasteiger partial charge on any atom is 0.286 e. The smallest absolute Gasteiger partial charge is 0.286 e. The molecule has 5 nitrogen and oxygen atoms in total. The number of amides is 1. The third-order valence-electron chi connectivity index (χ3n) is 4.15. The van der Waals surface area contributed by atoms with Crippen molar-refractivity contribution >= 4 is 17.4 Å². The van der Waals surface area contributed by atoms with Crippen LogP contribution in [0.1, 0.15) is 25.8 Å². The molecule has 1 N–H and O–H groups in total. The number of ketones is 1. The Balaban J connectivity index is 1.54. The van der Waals surface area contributed by atoms with Crippen molar-refractivity contribution in [3.8, 4) is 0 Å². The molecule has 1 aromatic carbocycles. The van der Waals surface area contributed by atoms with Crippen LogP contribution >= 0.6 is 0 Å². The monoisotopic (exact) mass is 314 g/mol. The highest BCUT2D eigenvalue weighted by molar-refractivity contribution is 6.01. The van der Waals surface area contributed by atoms with Gasteiger partial charge in [0.15, 0.2) is 11.5 Å². The lowest BCUT2D eigenvalue weighted by Crippen LogP contribution is -2.39. The number of nitrogens with zero attached hydrogens (tertiary/aromatic N) is 1. The minimum Gasteiger partial charge on any atom is -0.482 e. The number of benzene rings is 1. The predicted molar refractivity (Wildman–Crippen MR) is 88.2 cm³/mol. The van der Waals surface area contributed by atoms with Crippen molar-refractivity contribution in [3.05, 3.63) is 41.7 Å². The number of rotatable bonds is 4. The highest BCUT2D eigenvalue weighted by Crippen LogP contribution is 2.27. The number of ether oxygens (including phenoxy) is 1. The van der Waals surface area contributed by atoms with Gasteiger partial charge in [-0.25, -0.2) is 0 Å². The van der Waals surface area contributed by atoms with E-state index in [1.54, 1.807) is 0 Å². The first-order valence-electron chi connectivity index (χ1n) is 7.99. The van der Waals surface area contributed by atoms with Gasteiger partial charge in [0, 0.05) is 37.8 Å². The van der Waals surface area contributed by atoms with Crippen LogP contribution in [-0.4, -0.2) is 36.9 Å². The zero-order chi connectivity index (χ0) is 16.4. The molecule has 0 saturated carbocycles. The third-order valence-corrected chi connectivity index (χ3v) is 4.15. The van der Waals surface area contributed by atoms with Gasteiger partial charge in [0.1, 0.15) is 5.60 Å². The Labute approximate surface area is 136 Å². The van der Waals surface area contributed by atoms with E-state index in [9.17, 15) is 9.59 Å². The van der Waals surface area contributed by atoms with E-state index in [-0.39, 0.29) is 17.4 Å². The maximum absolute atomic E-state index is 12.2. The molecule has 0 fully saturated rings. The fourth-order valence-corrected chi connectivity index (χ4v) is 3.12. The summed E-state index contributed by atoms with van der Waals surface area (Å²) in [7, 11) is 0. The van der Waals surface area contributed by atoms with Gasteiger partial charge in [-0.3, -0.25) is 9.59 Å². The summed E-state index contributed by atoms with van der Waals surface area (Å²) in [5, 5.41) is 2.84. The molecule has 0 saturated heterocycles. The van der Waals surface area contributed by atoms with Crippen LogP contribution in [0.25, 0.3) is 0 Å². The Bertz CT molecular complexity index is 664. The van der Waals surface area contributed by atoms with E-state index in [1.165, 1.54) is 17.3 Å². The summed E-state index contributed by atoms with van der Waals surface area (Å²) in [6.07, 6.45) is 2.64. The third kappa shape index (κ3) is 3.55. The Morgan fingerprint density at radius 2 is 2.13 bits per heavy atom. The predicted octanol–water partition coefficient (Wildman–Crippen LogP) is 1.82. The quantitative estimate of drug-likeness (QED) is 0.921. The summed E-state index contributed by atoms with van der Waals surface area (Å²) in [6.45, 7) is 5.86. The van der Waals surface area contributed by atoms with Crippen molar-refractivity contribution in [2.75, 3.05) is 24.5 Å². The Morgan fingerprint density at radius 3 is 2.91 bits per heavy atom. The molecule has 1 amide bonds. The first-order chi connectivity index (χ1) is 10.9. The highest BCUT2D eigenvalue weighted by atomic mass is 16.5. The molecule has 1 aromatic rings. The van der Waals surface area contributed by atoms with E-state index >= 15 is 0 Å². The molecule has 2 aliphatic heterocycles. The van der Waals surface area contributed by atoms with Gasteiger partial charge in [-0.1, -0.05) is 18.2 Å². The van der Waals surface area contributed by atoms with Crippen LogP contribution in [0, 0.1) is 0 Å². The molecular weight excluding hydrogens is 292 g/mol. The second kappa shape index (κ2) is 6.07. The van der Waals surface area contributed by atoms with Gasteiger partial charge in [0.25, 0.3) is 5.91 Å². The van der Waals surface area contributed by atoms with Crippen molar-refractivity contribution < 1.29 is 14.3 Å². The first kappa shape index (κ1) is 15.6. The van der Waals surface area contributed by atoms with Gasteiger partial charge >= 0.3 is 0 Å². The molecule has 0 aliphatic carbocycles. The largest absolute Gasteiger partial charge is 0.482 e. The first-order valence-corrected chi connectivity index (χ1v) is 7.99. The van der Waals surface area contributed by atoms with Crippen molar-refractivity contribution in [2.45, 2.75) is 32.3 Å². The van der Waals surface area contributed by atoms with E-state index in [1.807, 2.05) is 19.9 Å². The molecule has 3 rings (SSSR count). The van der Waals surface area contributed by atoms with Gasteiger partial charge in [-0.15, -0.1) is 0 Å². The van der Waals surface area contributed by atoms with Gasteiger partial charge in [0.2, 0.25) is 0 Å². The van der Waals surface area contributed by atoms with Crippen molar-refractivity contribution in [3.63, 3.8) is 0 Å². The lowest BCUT2D eigenvalue weighted by atomic mass is 9.98. The molecule has 2 aliphatic rings. The molecule has 0 unspecified atom stereocenters. The van der Waals surface area contributed by atoms with Gasteiger partial charge in [-0.05, 0) is 31.9 Å². The topological polar surface area (TPSA) is 58.6 Å². The summed E-state index contributed by atoms with van der Waals surface area (Å²) >= 11 is 0. The molecular formula is C18H22N2O3. The average molecular weight is 314 g/mol. The summed E-state index contributed by atoms with van der Waals surface area (Å²) in [5.74, 6) is -0.272. The van der Waals surface area contributed by atoms with Crippen LogP contribution in [0.15, 0.2) is 36.1 Å².